The molecule has 0 aliphatic carbocycles. The van der Waals surface area contributed by atoms with E-state index in [1.54, 1.807) is 0 Å². The van der Waals surface area contributed by atoms with E-state index in [1.807, 2.05) is 0 Å². The minimum absolute atomic E-state index is 0.0210. The Morgan fingerprint density at radius 3 is 2.59 bits per heavy atom. The van der Waals surface area contributed by atoms with Gasteiger partial charge in [0.15, 0.2) is 0 Å². The van der Waals surface area contributed by atoms with Crippen LogP contribution in [0.15, 0.2) is 36.5 Å². The molecule has 0 heterocycles. The highest BCUT2D eigenvalue weighted by molar-refractivity contribution is 5.75. The Bertz CT molecular complexity index is 524. The topological polar surface area (TPSA) is 41.1 Å². The van der Waals surface area contributed by atoms with Crippen LogP contribution in [0.3, 0.4) is 0 Å². The number of nitrogens with one attached hydrogen (secondary N) is 2. The van der Waals surface area contributed by atoms with Crippen LogP contribution in [0.5, 0.6) is 0 Å². The Morgan fingerprint density at radius 2 is 2.00 bits per heavy atom. The summed E-state index contributed by atoms with van der Waals surface area (Å²) in [6.45, 7) is 7.91. The van der Waals surface area contributed by atoms with Crippen molar-refractivity contribution in [3.8, 4) is 0 Å². The van der Waals surface area contributed by atoms with Crippen molar-refractivity contribution in [1.29, 1.82) is 0 Å². The fourth-order valence-electron chi connectivity index (χ4n) is 1.77. The molecule has 2 amide bonds. The number of carbonyl (C=O) groups excluding carboxylic acids is 1. The van der Waals surface area contributed by atoms with Crippen LogP contribution in [0.25, 0.3) is 0 Å². The Morgan fingerprint density at radius 1 is 1.32 bits per heavy atom. The van der Waals surface area contributed by atoms with Crippen molar-refractivity contribution in [2.75, 3.05) is 0 Å². The second kappa shape index (κ2) is 7.87. The Hall–Kier alpha value is -1.98. The SMILES string of the molecule is C=C(CCC(C)C)NC(=O)NCc1cccc(C(F)(F)F)c1. The zero-order valence-corrected chi connectivity index (χ0v) is 12.8. The average molecular weight is 314 g/mol. The number of urea groups is 1. The van der Waals surface area contributed by atoms with Crippen LogP contribution in [-0.2, 0) is 12.7 Å². The lowest BCUT2D eigenvalue weighted by Gasteiger charge is -2.12. The lowest BCUT2D eigenvalue weighted by molar-refractivity contribution is -0.137. The molecule has 1 rings (SSSR count). The molecule has 0 aliphatic heterocycles. The molecular formula is C16H21F3N2O. The van der Waals surface area contributed by atoms with E-state index >= 15 is 0 Å². The van der Waals surface area contributed by atoms with E-state index in [-0.39, 0.29) is 6.54 Å². The summed E-state index contributed by atoms with van der Waals surface area (Å²) in [7, 11) is 0. The molecule has 0 saturated carbocycles. The van der Waals surface area contributed by atoms with E-state index in [0.29, 0.717) is 23.6 Å². The molecule has 1 aromatic carbocycles. The van der Waals surface area contributed by atoms with Gasteiger partial charge >= 0.3 is 12.2 Å². The summed E-state index contributed by atoms with van der Waals surface area (Å²) < 4.78 is 37.7. The number of amides is 2. The minimum atomic E-state index is -4.39. The zero-order valence-electron chi connectivity index (χ0n) is 12.8. The van der Waals surface area contributed by atoms with Gasteiger partial charge in [-0.25, -0.2) is 4.79 Å². The fourth-order valence-corrected chi connectivity index (χ4v) is 1.77. The number of hydrogen-bond acceptors (Lipinski definition) is 1. The third kappa shape index (κ3) is 6.65. The van der Waals surface area contributed by atoms with Gasteiger partial charge in [0.1, 0.15) is 0 Å². The standard InChI is InChI=1S/C16H21F3N2O/c1-11(2)7-8-12(3)21-15(22)20-10-13-5-4-6-14(9-13)16(17,18)19/h4-6,9,11H,3,7-8,10H2,1-2H3,(H2,20,21,22). The first-order valence-electron chi connectivity index (χ1n) is 7.07. The van der Waals surface area contributed by atoms with Crippen LogP contribution in [-0.4, -0.2) is 6.03 Å². The van der Waals surface area contributed by atoms with Gasteiger partial charge in [0.05, 0.1) is 5.56 Å². The third-order valence-corrected chi connectivity index (χ3v) is 3.02. The molecule has 0 aliphatic rings. The first kappa shape index (κ1) is 18.1. The van der Waals surface area contributed by atoms with Crippen molar-refractivity contribution >= 4 is 6.03 Å². The number of rotatable bonds is 6. The van der Waals surface area contributed by atoms with Crippen molar-refractivity contribution < 1.29 is 18.0 Å². The Labute approximate surface area is 128 Å². The highest BCUT2D eigenvalue weighted by Gasteiger charge is 2.30. The van der Waals surface area contributed by atoms with E-state index < -0.39 is 17.8 Å². The first-order chi connectivity index (χ1) is 10.2. The largest absolute Gasteiger partial charge is 0.416 e. The highest BCUT2D eigenvalue weighted by atomic mass is 19.4. The second-order valence-electron chi connectivity index (χ2n) is 5.54. The fraction of sp³-hybridized carbons (Fsp3) is 0.438. The van der Waals surface area contributed by atoms with Gasteiger partial charge in [0.2, 0.25) is 0 Å². The molecule has 0 spiro atoms. The first-order valence-corrected chi connectivity index (χ1v) is 7.07. The summed E-state index contributed by atoms with van der Waals surface area (Å²) >= 11 is 0. The predicted molar refractivity (Wildman–Crippen MR) is 80.0 cm³/mol. The molecule has 3 nitrogen and oxygen atoms in total. The molecule has 22 heavy (non-hydrogen) atoms. The summed E-state index contributed by atoms with van der Waals surface area (Å²) in [5.41, 5.74) is 0.251. The number of hydrogen-bond donors (Lipinski definition) is 2. The number of carbonyl (C=O) groups is 1. The zero-order chi connectivity index (χ0) is 16.8. The van der Waals surface area contributed by atoms with Gasteiger partial charge in [-0.1, -0.05) is 32.6 Å². The second-order valence-corrected chi connectivity index (χ2v) is 5.54. The number of allylic oxidation sites excluding steroid dienone is 1. The maximum atomic E-state index is 12.6. The van der Waals surface area contributed by atoms with Crippen LogP contribution >= 0.6 is 0 Å². The molecule has 0 unspecified atom stereocenters. The molecule has 6 heteroatoms. The van der Waals surface area contributed by atoms with Crippen LogP contribution in [0.2, 0.25) is 0 Å². The maximum Gasteiger partial charge on any atom is 0.416 e. The van der Waals surface area contributed by atoms with Crippen molar-refractivity contribution in [2.24, 2.45) is 5.92 Å². The van der Waals surface area contributed by atoms with Crippen LogP contribution < -0.4 is 10.6 Å². The molecule has 0 aromatic heterocycles. The number of alkyl halides is 3. The lowest BCUT2D eigenvalue weighted by atomic mass is 10.1. The summed E-state index contributed by atoms with van der Waals surface area (Å²) in [4.78, 5) is 11.6. The molecule has 1 aromatic rings. The van der Waals surface area contributed by atoms with E-state index in [2.05, 4.69) is 31.1 Å². The molecule has 0 bridgehead atoms. The summed E-state index contributed by atoms with van der Waals surface area (Å²) in [6.07, 6.45) is -2.80. The van der Waals surface area contributed by atoms with Crippen molar-refractivity contribution in [3.05, 3.63) is 47.7 Å². The quantitative estimate of drug-likeness (QED) is 0.800. The summed E-state index contributed by atoms with van der Waals surface area (Å²) in [5, 5.41) is 5.10. The molecule has 0 fully saturated rings. The third-order valence-electron chi connectivity index (χ3n) is 3.02. The normalized spacial score (nSPS) is 11.4. The predicted octanol–water partition coefficient (Wildman–Crippen LogP) is 4.45. The van der Waals surface area contributed by atoms with Gasteiger partial charge in [-0.3, -0.25) is 0 Å². The summed E-state index contributed by atoms with van der Waals surface area (Å²) in [5.74, 6) is 0.506. The van der Waals surface area contributed by atoms with E-state index in [9.17, 15) is 18.0 Å². The number of halogens is 3. The van der Waals surface area contributed by atoms with Crippen molar-refractivity contribution in [1.82, 2.24) is 10.6 Å². The van der Waals surface area contributed by atoms with Crippen LogP contribution in [0.4, 0.5) is 18.0 Å². The van der Waals surface area contributed by atoms with E-state index in [1.165, 1.54) is 12.1 Å². The monoisotopic (exact) mass is 314 g/mol. The maximum absolute atomic E-state index is 12.6. The Balaban J connectivity index is 2.46. The molecule has 0 radical (unpaired) electrons. The van der Waals surface area contributed by atoms with Gasteiger partial charge in [0.25, 0.3) is 0 Å². The smallest absolute Gasteiger partial charge is 0.334 e. The van der Waals surface area contributed by atoms with Gasteiger partial charge in [0, 0.05) is 12.2 Å². The van der Waals surface area contributed by atoms with Gasteiger partial charge in [-0.05, 0) is 36.5 Å². The van der Waals surface area contributed by atoms with Gasteiger partial charge in [-0.15, -0.1) is 0 Å². The van der Waals surface area contributed by atoms with Crippen molar-refractivity contribution in [2.45, 2.75) is 39.4 Å². The summed E-state index contributed by atoms with van der Waals surface area (Å²) in [6, 6.07) is 4.40. The molecule has 0 saturated heterocycles. The van der Waals surface area contributed by atoms with Crippen molar-refractivity contribution in [3.63, 3.8) is 0 Å². The Kier molecular flexibility index (Phi) is 6.46. The van der Waals surface area contributed by atoms with Crippen LogP contribution in [0.1, 0.15) is 37.8 Å². The molecular weight excluding hydrogens is 293 g/mol. The van der Waals surface area contributed by atoms with E-state index in [0.717, 1.165) is 18.6 Å². The molecule has 0 atom stereocenters. The van der Waals surface area contributed by atoms with Gasteiger partial charge in [-0.2, -0.15) is 13.2 Å². The van der Waals surface area contributed by atoms with Crippen LogP contribution in [0, 0.1) is 5.92 Å². The van der Waals surface area contributed by atoms with E-state index in [4.69, 9.17) is 0 Å². The lowest BCUT2D eigenvalue weighted by Crippen LogP contribution is -2.34. The molecule has 2 N–H and O–H groups in total. The van der Waals surface area contributed by atoms with Gasteiger partial charge < -0.3 is 10.6 Å². The minimum Gasteiger partial charge on any atom is -0.334 e. The number of benzene rings is 1. The molecule has 122 valence electrons. The average Bonchev–Trinajstić information content (AvgIpc) is 2.42. The highest BCUT2D eigenvalue weighted by Crippen LogP contribution is 2.29.